The maximum Gasteiger partial charge on any atom is 0.256 e. The monoisotopic (exact) mass is 300 g/mol. The number of pyridine rings is 1. The van der Waals surface area contributed by atoms with E-state index in [0.29, 0.717) is 5.56 Å². The van der Waals surface area contributed by atoms with Gasteiger partial charge >= 0.3 is 0 Å². The number of hydrogen-bond donors (Lipinski definition) is 1. The molecule has 1 atom stereocenters. The Morgan fingerprint density at radius 1 is 1.14 bits per heavy atom. The molecular formula is C18H21FN2O. The fourth-order valence-electron chi connectivity index (χ4n) is 3.30. The average Bonchev–Trinajstić information content (AvgIpc) is 3.01. The van der Waals surface area contributed by atoms with Crippen LogP contribution in [0, 0.1) is 5.82 Å². The SMILES string of the molecule is CC(N)c1ccc(-c2ccc(F)cc2)n(C2CCCC2)c1=O. The molecule has 0 aliphatic heterocycles. The molecule has 22 heavy (non-hydrogen) atoms. The minimum Gasteiger partial charge on any atom is -0.324 e. The highest BCUT2D eigenvalue weighted by Gasteiger charge is 2.23. The lowest BCUT2D eigenvalue weighted by molar-refractivity contribution is 0.502. The van der Waals surface area contributed by atoms with Crippen LogP contribution in [0.1, 0.15) is 50.3 Å². The van der Waals surface area contributed by atoms with Gasteiger partial charge < -0.3 is 10.3 Å². The summed E-state index contributed by atoms with van der Waals surface area (Å²) in [5, 5.41) is 0. The molecule has 4 heteroatoms. The average molecular weight is 300 g/mol. The Kier molecular flexibility index (Phi) is 4.12. The van der Waals surface area contributed by atoms with E-state index in [1.54, 1.807) is 18.2 Å². The standard InChI is InChI=1S/C18H21FN2O/c1-12(20)16-10-11-17(13-6-8-14(19)9-7-13)21(18(16)22)15-4-2-3-5-15/h6-12,15H,2-5,20H2,1H3. The maximum absolute atomic E-state index is 13.2. The summed E-state index contributed by atoms with van der Waals surface area (Å²) in [7, 11) is 0. The van der Waals surface area contributed by atoms with E-state index in [9.17, 15) is 9.18 Å². The first-order chi connectivity index (χ1) is 10.6. The molecule has 1 aliphatic rings. The summed E-state index contributed by atoms with van der Waals surface area (Å²) in [6.45, 7) is 1.83. The van der Waals surface area contributed by atoms with E-state index >= 15 is 0 Å². The van der Waals surface area contributed by atoms with Crippen molar-refractivity contribution in [3.63, 3.8) is 0 Å². The normalized spacial score (nSPS) is 16.9. The number of hydrogen-bond acceptors (Lipinski definition) is 2. The molecule has 1 aromatic heterocycles. The van der Waals surface area contributed by atoms with Gasteiger partial charge in [0.1, 0.15) is 5.82 Å². The molecular weight excluding hydrogens is 279 g/mol. The summed E-state index contributed by atoms with van der Waals surface area (Å²) in [5.74, 6) is -0.272. The molecule has 1 aliphatic carbocycles. The molecule has 0 radical (unpaired) electrons. The fraction of sp³-hybridized carbons (Fsp3) is 0.389. The van der Waals surface area contributed by atoms with Gasteiger partial charge in [-0.25, -0.2) is 4.39 Å². The van der Waals surface area contributed by atoms with Crippen molar-refractivity contribution in [1.82, 2.24) is 4.57 Å². The molecule has 1 fully saturated rings. The number of nitrogens with zero attached hydrogens (tertiary/aromatic N) is 1. The molecule has 2 N–H and O–H groups in total. The van der Waals surface area contributed by atoms with Gasteiger partial charge in [0.05, 0.1) is 5.69 Å². The first-order valence-electron chi connectivity index (χ1n) is 7.85. The number of nitrogens with two attached hydrogens (primary N) is 1. The number of rotatable bonds is 3. The van der Waals surface area contributed by atoms with Crippen LogP contribution >= 0.6 is 0 Å². The van der Waals surface area contributed by atoms with Gasteiger partial charge in [0.2, 0.25) is 0 Å². The second-order valence-corrected chi connectivity index (χ2v) is 6.08. The smallest absolute Gasteiger partial charge is 0.256 e. The lowest BCUT2D eigenvalue weighted by Gasteiger charge is -2.21. The Bertz CT molecular complexity index is 713. The molecule has 3 nitrogen and oxygen atoms in total. The van der Waals surface area contributed by atoms with Crippen molar-refractivity contribution in [2.75, 3.05) is 0 Å². The predicted molar refractivity (Wildman–Crippen MR) is 86.2 cm³/mol. The van der Waals surface area contributed by atoms with Crippen molar-refractivity contribution >= 4 is 0 Å². The number of aromatic nitrogens is 1. The molecule has 0 bridgehead atoms. The second-order valence-electron chi connectivity index (χ2n) is 6.08. The molecule has 0 saturated heterocycles. The minimum absolute atomic E-state index is 0.0104. The van der Waals surface area contributed by atoms with Crippen LogP contribution in [0.2, 0.25) is 0 Å². The van der Waals surface area contributed by atoms with Gasteiger partial charge in [-0.15, -0.1) is 0 Å². The quantitative estimate of drug-likeness (QED) is 0.937. The molecule has 116 valence electrons. The Hall–Kier alpha value is -1.94. The summed E-state index contributed by atoms with van der Waals surface area (Å²) in [6, 6.07) is 9.97. The number of benzene rings is 1. The predicted octanol–water partition coefficient (Wildman–Crippen LogP) is 3.79. The van der Waals surface area contributed by atoms with Crippen molar-refractivity contribution < 1.29 is 4.39 Å². The van der Waals surface area contributed by atoms with E-state index in [1.807, 2.05) is 17.6 Å². The van der Waals surface area contributed by atoms with Crippen molar-refractivity contribution in [1.29, 1.82) is 0 Å². The van der Waals surface area contributed by atoms with E-state index in [0.717, 1.165) is 36.9 Å². The van der Waals surface area contributed by atoms with Crippen LogP contribution in [-0.4, -0.2) is 4.57 Å². The van der Waals surface area contributed by atoms with Gasteiger partial charge in [0.25, 0.3) is 5.56 Å². The summed E-state index contributed by atoms with van der Waals surface area (Å²) in [5.41, 5.74) is 8.27. The van der Waals surface area contributed by atoms with Gasteiger partial charge in [-0.05, 0) is 61.7 Å². The largest absolute Gasteiger partial charge is 0.324 e. The van der Waals surface area contributed by atoms with Crippen LogP contribution in [0.4, 0.5) is 4.39 Å². The fourth-order valence-corrected chi connectivity index (χ4v) is 3.30. The third-order valence-electron chi connectivity index (χ3n) is 4.47. The van der Waals surface area contributed by atoms with Gasteiger partial charge in [-0.2, -0.15) is 0 Å². The Balaban J connectivity index is 2.18. The lowest BCUT2D eigenvalue weighted by Crippen LogP contribution is -2.30. The zero-order valence-corrected chi connectivity index (χ0v) is 12.8. The highest BCUT2D eigenvalue weighted by atomic mass is 19.1. The van der Waals surface area contributed by atoms with E-state index in [1.165, 1.54) is 12.1 Å². The van der Waals surface area contributed by atoms with Crippen LogP contribution in [0.25, 0.3) is 11.3 Å². The summed E-state index contributed by atoms with van der Waals surface area (Å²) < 4.78 is 15.0. The molecule has 0 spiro atoms. The van der Waals surface area contributed by atoms with E-state index in [-0.39, 0.29) is 23.5 Å². The Morgan fingerprint density at radius 2 is 1.77 bits per heavy atom. The van der Waals surface area contributed by atoms with Crippen molar-refractivity contribution in [2.45, 2.75) is 44.7 Å². The third kappa shape index (κ3) is 2.71. The lowest BCUT2D eigenvalue weighted by atomic mass is 10.0. The first kappa shape index (κ1) is 15.0. The Morgan fingerprint density at radius 3 is 2.36 bits per heavy atom. The van der Waals surface area contributed by atoms with Crippen molar-refractivity contribution in [3.8, 4) is 11.3 Å². The third-order valence-corrected chi connectivity index (χ3v) is 4.47. The zero-order valence-electron chi connectivity index (χ0n) is 12.8. The molecule has 1 saturated carbocycles. The molecule has 1 heterocycles. The topological polar surface area (TPSA) is 48.0 Å². The number of halogens is 1. The second kappa shape index (κ2) is 6.05. The molecule has 2 aromatic rings. The van der Waals surface area contributed by atoms with Crippen LogP contribution in [0.15, 0.2) is 41.2 Å². The maximum atomic E-state index is 13.2. The zero-order chi connectivity index (χ0) is 15.7. The highest BCUT2D eigenvalue weighted by Crippen LogP contribution is 2.32. The van der Waals surface area contributed by atoms with E-state index in [4.69, 9.17) is 5.73 Å². The van der Waals surface area contributed by atoms with Gasteiger partial charge in [-0.3, -0.25) is 4.79 Å². The molecule has 1 unspecified atom stereocenters. The summed E-state index contributed by atoms with van der Waals surface area (Å²) in [6.07, 6.45) is 4.30. The summed E-state index contributed by atoms with van der Waals surface area (Å²) >= 11 is 0. The van der Waals surface area contributed by atoms with Gasteiger partial charge in [0.15, 0.2) is 0 Å². The minimum atomic E-state index is -0.289. The molecule has 3 rings (SSSR count). The van der Waals surface area contributed by atoms with E-state index < -0.39 is 0 Å². The summed E-state index contributed by atoms with van der Waals surface area (Å²) in [4.78, 5) is 12.9. The van der Waals surface area contributed by atoms with Crippen LogP contribution in [0.3, 0.4) is 0 Å². The van der Waals surface area contributed by atoms with Crippen molar-refractivity contribution in [2.24, 2.45) is 5.73 Å². The first-order valence-corrected chi connectivity index (χ1v) is 7.85. The van der Waals surface area contributed by atoms with Crippen LogP contribution < -0.4 is 11.3 Å². The molecule has 0 amide bonds. The van der Waals surface area contributed by atoms with Gasteiger partial charge in [0, 0.05) is 17.6 Å². The van der Waals surface area contributed by atoms with E-state index in [2.05, 4.69) is 0 Å². The Labute approximate surface area is 129 Å². The van der Waals surface area contributed by atoms with Crippen LogP contribution in [0.5, 0.6) is 0 Å². The van der Waals surface area contributed by atoms with Gasteiger partial charge in [-0.1, -0.05) is 12.8 Å². The van der Waals surface area contributed by atoms with Crippen LogP contribution in [-0.2, 0) is 0 Å². The van der Waals surface area contributed by atoms with Crippen molar-refractivity contribution in [3.05, 3.63) is 58.1 Å². The highest BCUT2D eigenvalue weighted by molar-refractivity contribution is 5.60. The molecule has 1 aromatic carbocycles.